The Morgan fingerprint density at radius 3 is 2.93 bits per heavy atom. The molecule has 0 saturated carbocycles. The molecule has 1 amide bonds. The van der Waals surface area contributed by atoms with Crippen LogP contribution in [0.2, 0.25) is 0 Å². The molecular weight excluding hydrogens is 194 g/mol. The van der Waals surface area contributed by atoms with E-state index < -0.39 is 0 Å². The molecule has 0 spiro atoms. The molecule has 2 heterocycles. The molecule has 0 aromatic carbocycles. The number of carbonyl (C=O) groups excluding carboxylic acids is 1. The number of hydrogen-bond acceptors (Lipinski definition) is 3. The number of H-pyrrole nitrogens is 1. The van der Waals surface area contributed by atoms with Gasteiger partial charge in [0.15, 0.2) is 0 Å². The molecule has 0 aliphatic heterocycles. The van der Waals surface area contributed by atoms with E-state index >= 15 is 0 Å². The van der Waals surface area contributed by atoms with Gasteiger partial charge in [-0.1, -0.05) is 0 Å². The fourth-order valence-corrected chi connectivity index (χ4v) is 1.21. The SMILES string of the molecule is O=C(CCn1cccc1)Nc1ncn[nH]1. The quantitative estimate of drug-likeness (QED) is 0.768. The number of aromatic amines is 1. The minimum absolute atomic E-state index is 0.0829. The molecule has 0 fully saturated rings. The average Bonchev–Trinajstić information content (AvgIpc) is 2.86. The Hall–Kier alpha value is -2.11. The van der Waals surface area contributed by atoms with Crippen LogP contribution in [0.25, 0.3) is 0 Å². The van der Waals surface area contributed by atoms with Gasteiger partial charge < -0.3 is 4.57 Å². The molecule has 15 heavy (non-hydrogen) atoms. The van der Waals surface area contributed by atoms with Gasteiger partial charge in [-0.25, -0.2) is 5.10 Å². The van der Waals surface area contributed by atoms with E-state index in [1.165, 1.54) is 6.33 Å². The second-order valence-electron chi connectivity index (χ2n) is 3.05. The highest BCUT2D eigenvalue weighted by Gasteiger charge is 2.03. The number of carbonyl (C=O) groups is 1. The zero-order valence-electron chi connectivity index (χ0n) is 8.05. The van der Waals surface area contributed by atoms with Crippen LogP contribution in [0, 0.1) is 0 Å². The van der Waals surface area contributed by atoms with Crippen molar-refractivity contribution in [2.75, 3.05) is 5.32 Å². The van der Waals surface area contributed by atoms with E-state index in [1.807, 2.05) is 29.1 Å². The number of aromatic nitrogens is 4. The van der Waals surface area contributed by atoms with Crippen molar-refractivity contribution in [3.63, 3.8) is 0 Å². The standard InChI is InChI=1S/C9H11N5O/c15-8(12-9-10-7-11-13-9)3-6-14-4-1-2-5-14/h1-2,4-5,7H,3,6H2,(H2,10,11,12,13,15). The maximum Gasteiger partial charge on any atom is 0.228 e. The number of hydrogen-bond donors (Lipinski definition) is 2. The predicted molar refractivity (Wildman–Crippen MR) is 54.1 cm³/mol. The fraction of sp³-hybridized carbons (Fsp3) is 0.222. The average molecular weight is 205 g/mol. The van der Waals surface area contributed by atoms with Crippen molar-refractivity contribution in [1.29, 1.82) is 0 Å². The Kier molecular flexibility index (Phi) is 2.77. The van der Waals surface area contributed by atoms with Crippen molar-refractivity contribution in [3.05, 3.63) is 30.9 Å². The highest BCUT2D eigenvalue weighted by Crippen LogP contribution is 1.97. The highest BCUT2D eigenvalue weighted by molar-refractivity contribution is 5.88. The maximum atomic E-state index is 11.4. The lowest BCUT2D eigenvalue weighted by Gasteiger charge is -2.02. The highest BCUT2D eigenvalue weighted by atomic mass is 16.1. The van der Waals surface area contributed by atoms with Crippen LogP contribution in [0.5, 0.6) is 0 Å². The molecule has 2 rings (SSSR count). The van der Waals surface area contributed by atoms with Crippen molar-refractivity contribution in [2.24, 2.45) is 0 Å². The number of amides is 1. The van der Waals surface area contributed by atoms with Crippen molar-refractivity contribution < 1.29 is 4.79 Å². The van der Waals surface area contributed by atoms with Gasteiger partial charge in [0.2, 0.25) is 11.9 Å². The third kappa shape index (κ3) is 2.67. The first-order valence-corrected chi connectivity index (χ1v) is 4.60. The van der Waals surface area contributed by atoms with Crippen LogP contribution in [0.3, 0.4) is 0 Å². The molecule has 2 aromatic heterocycles. The fourth-order valence-electron chi connectivity index (χ4n) is 1.21. The van der Waals surface area contributed by atoms with Crippen LogP contribution >= 0.6 is 0 Å². The first kappa shape index (κ1) is 9.45. The lowest BCUT2D eigenvalue weighted by atomic mass is 10.4. The molecule has 0 aliphatic carbocycles. The molecular formula is C9H11N5O. The van der Waals surface area contributed by atoms with Crippen LogP contribution in [0.4, 0.5) is 5.95 Å². The summed E-state index contributed by atoms with van der Waals surface area (Å²) in [6.45, 7) is 0.660. The van der Waals surface area contributed by atoms with Crippen molar-refractivity contribution >= 4 is 11.9 Å². The molecule has 2 aromatic rings. The third-order valence-electron chi connectivity index (χ3n) is 1.94. The van der Waals surface area contributed by atoms with Crippen LogP contribution in [0.1, 0.15) is 6.42 Å². The summed E-state index contributed by atoms with van der Waals surface area (Å²) in [6, 6.07) is 3.85. The van der Waals surface area contributed by atoms with Crippen molar-refractivity contribution in [2.45, 2.75) is 13.0 Å². The number of anilines is 1. The Labute approximate surface area is 86.3 Å². The summed E-state index contributed by atoms with van der Waals surface area (Å²) in [4.78, 5) is 15.2. The minimum Gasteiger partial charge on any atom is -0.354 e. The Balaban J connectivity index is 1.78. The maximum absolute atomic E-state index is 11.4. The van der Waals surface area contributed by atoms with Gasteiger partial charge in [-0.2, -0.15) is 10.1 Å². The first-order valence-electron chi connectivity index (χ1n) is 4.60. The zero-order valence-corrected chi connectivity index (χ0v) is 8.05. The molecule has 0 atom stereocenters. The van der Waals surface area contributed by atoms with E-state index in [0.717, 1.165) is 0 Å². The van der Waals surface area contributed by atoms with Crippen LogP contribution in [0.15, 0.2) is 30.9 Å². The zero-order chi connectivity index (χ0) is 10.5. The predicted octanol–water partition coefficient (Wildman–Crippen LogP) is 0.635. The molecule has 2 N–H and O–H groups in total. The van der Waals surface area contributed by atoms with Crippen LogP contribution in [-0.4, -0.2) is 25.7 Å². The van der Waals surface area contributed by atoms with Crippen LogP contribution < -0.4 is 5.32 Å². The number of aryl methyl sites for hydroxylation is 1. The monoisotopic (exact) mass is 205 g/mol. The summed E-state index contributed by atoms with van der Waals surface area (Å²) in [5, 5.41) is 8.79. The summed E-state index contributed by atoms with van der Waals surface area (Å²) >= 11 is 0. The van der Waals surface area contributed by atoms with E-state index in [2.05, 4.69) is 20.5 Å². The topological polar surface area (TPSA) is 75.6 Å². The molecule has 0 unspecified atom stereocenters. The van der Waals surface area contributed by atoms with Gasteiger partial charge in [-0.15, -0.1) is 0 Å². The smallest absolute Gasteiger partial charge is 0.228 e. The van der Waals surface area contributed by atoms with Gasteiger partial charge in [-0.05, 0) is 12.1 Å². The summed E-state index contributed by atoms with van der Waals surface area (Å²) in [7, 11) is 0. The number of rotatable bonds is 4. The van der Waals surface area contributed by atoms with Gasteiger partial charge in [0.25, 0.3) is 0 Å². The summed E-state index contributed by atoms with van der Waals surface area (Å²) in [5.41, 5.74) is 0. The Bertz CT molecular complexity index is 406. The van der Waals surface area contributed by atoms with E-state index in [1.54, 1.807) is 0 Å². The van der Waals surface area contributed by atoms with Gasteiger partial charge in [0.05, 0.1) is 0 Å². The van der Waals surface area contributed by atoms with Gasteiger partial charge >= 0.3 is 0 Å². The second kappa shape index (κ2) is 4.41. The van der Waals surface area contributed by atoms with Gasteiger partial charge in [0, 0.05) is 25.4 Å². The normalized spacial score (nSPS) is 10.1. The molecule has 0 radical (unpaired) electrons. The summed E-state index contributed by atoms with van der Waals surface area (Å²) in [6.07, 6.45) is 5.60. The Morgan fingerprint density at radius 1 is 1.47 bits per heavy atom. The summed E-state index contributed by atoms with van der Waals surface area (Å²) < 4.78 is 1.94. The molecule has 6 nitrogen and oxygen atoms in total. The lowest BCUT2D eigenvalue weighted by molar-refractivity contribution is -0.116. The van der Waals surface area contributed by atoms with E-state index in [9.17, 15) is 4.79 Å². The van der Waals surface area contributed by atoms with E-state index in [-0.39, 0.29) is 5.91 Å². The second-order valence-corrected chi connectivity index (χ2v) is 3.05. The number of nitrogens with one attached hydrogen (secondary N) is 2. The largest absolute Gasteiger partial charge is 0.354 e. The summed E-state index contributed by atoms with van der Waals surface area (Å²) in [5.74, 6) is 0.299. The van der Waals surface area contributed by atoms with Crippen LogP contribution in [-0.2, 0) is 11.3 Å². The van der Waals surface area contributed by atoms with Crippen molar-refractivity contribution in [1.82, 2.24) is 19.7 Å². The number of nitrogens with zero attached hydrogens (tertiary/aromatic N) is 3. The van der Waals surface area contributed by atoms with Gasteiger partial charge in [0.1, 0.15) is 6.33 Å². The van der Waals surface area contributed by atoms with Gasteiger partial charge in [-0.3, -0.25) is 10.1 Å². The molecule has 0 bridgehead atoms. The molecule has 6 heteroatoms. The van der Waals surface area contributed by atoms with E-state index in [0.29, 0.717) is 18.9 Å². The third-order valence-corrected chi connectivity index (χ3v) is 1.94. The first-order chi connectivity index (χ1) is 7.34. The molecule has 0 saturated heterocycles. The lowest BCUT2D eigenvalue weighted by Crippen LogP contribution is -2.14. The van der Waals surface area contributed by atoms with E-state index in [4.69, 9.17) is 0 Å². The minimum atomic E-state index is -0.0829. The molecule has 78 valence electrons. The van der Waals surface area contributed by atoms with Crippen molar-refractivity contribution in [3.8, 4) is 0 Å². The Morgan fingerprint density at radius 2 is 2.27 bits per heavy atom. The molecule has 0 aliphatic rings.